The topological polar surface area (TPSA) is 101 Å². The fourth-order valence-corrected chi connectivity index (χ4v) is 3.76. The highest BCUT2D eigenvalue weighted by molar-refractivity contribution is 9.10. The first-order valence-corrected chi connectivity index (χ1v) is 8.91. The van der Waals surface area contributed by atoms with Crippen LogP contribution in [0.4, 0.5) is 17.1 Å². The van der Waals surface area contributed by atoms with Crippen molar-refractivity contribution in [2.75, 3.05) is 10.6 Å². The van der Waals surface area contributed by atoms with Gasteiger partial charge in [-0.25, -0.2) is 0 Å². The van der Waals surface area contributed by atoms with Gasteiger partial charge in [-0.05, 0) is 30.3 Å². The van der Waals surface area contributed by atoms with Crippen LogP contribution in [-0.4, -0.2) is 22.0 Å². The van der Waals surface area contributed by atoms with E-state index in [1.807, 2.05) is 18.2 Å². The second-order valence-electron chi connectivity index (χ2n) is 5.29. The molecule has 0 fully saturated rings. The highest BCUT2D eigenvalue weighted by atomic mass is 79.9. The molecule has 2 amide bonds. The van der Waals surface area contributed by atoms with Crippen molar-refractivity contribution in [3.8, 4) is 0 Å². The third-order valence-electron chi connectivity index (χ3n) is 3.49. The second kappa shape index (κ2) is 7.24. The summed E-state index contributed by atoms with van der Waals surface area (Å²) in [6.07, 6.45) is 0.00297. The molecule has 9 heteroatoms. The van der Waals surface area contributed by atoms with E-state index in [4.69, 9.17) is 0 Å². The third kappa shape index (κ3) is 4.18. The smallest absolute Gasteiger partial charge is 0.269 e. The second-order valence-corrected chi connectivity index (χ2v) is 7.45. The van der Waals surface area contributed by atoms with Crippen molar-refractivity contribution >= 4 is 56.6 Å². The Morgan fingerprint density at radius 2 is 2.00 bits per heavy atom. The van der Waals surface area contributed by atoms with Gasteiger partial charge in [-0.3, -0.25) is 19.7 Å². The van der Waals surface area contributed by atoms with Gasteiger partial charge in [0.1, 0.15) is 0 Å². The van der Waals surface area contributed by atoms with Crippen molar-refractivity contribution in [1.29, 1.82) is 0 Å². The fraction of sp³-hybridized carbons (Fsp3) is 0.125. The predicted molar refractivity (Wildman–Crippen MR) is 98.8 cm³/mol. The van der Waals surface area contributed by atoms with E-state index in [-0.39, 0.29) is 23.9 Å². The minimum absolute atomic E-state index is 0.00297. The summed E-state index contributed by atoms with van der Waals surface area (Å²) in [6, 6.07) is 11.1. The molecule has 128 valence electrons. The van der Waals surface area contributed by atoms with Gasteiger partial charge in [-0.2, -0.15) is 0 Å². The summed E-state index contributed by atoms with van der Waals surface area (Å²) < 4.78 is 0.863. The normalized spacial score (nSPS) is 15.9. The molecule has 0 radical (unpaired) electrons. The number of benzene rings is 2. The van der Waals surface area contributed by atoms with Crippen LogP contribution in [0, 0.1) is 10.1 Å². The number of nitrogens with zero attached hydrogens (tertiary/aromatic N) is 1. The first kappa shape index (κ1) is 17.4. The fourth-order valence-electron chi connectivity index (χ4n) is 2.30. The van der Waals surface area contributed by atoms with Gasteiger partial charge in [0.15, 0.2) is 0 Å². The standard InChI is InChI=1S/C16H12BrN3O4S/c17-9-1-6-13-12(7-9)19-16(22)14(25-13)8-15(21)18-10-2-4-11(5-3-10)20(23)24/h1-7,14H,8H2,(H,18,21)(H,19,22). The van der Waals surface area contributed by atoms with Crippen LogP contribution in [0.5, 0.6) is 0 Å². The van der Waals surface area contributed by atoms with Gasteiger partial charge in [0.05, 0.1) is 15.9 Å². The molecule has 0 saturated heterocycles. The minimum atomic E-state index is -0.535. The Hall–Kier alpha value is -2.39. The Kier molecular flexibility index (Phi) is 5.05. The largest absolute Gasteiger partial charge is 0.326 e. The summed E-state index contributed by atoms with van der Waals surface area (Å²) in [4.78, 5) is 35.4. The van der Waals surface area contributed by atoms with Gasteiger partial charge in [0.2, 0.25) is 11.8 Å². The zero-order valence-electron chi connectivity index (χ0n) is 12.7. The van der Waals surface area contributed by atoms with Crippen molar-refractivity contribution in [2.24, 2.45) is 0 Å². The number of thioether (sulfide) groups is 1. The van der Waals surface area contributed by atoms with E-state index in [0.717, 1.165) is 15.1 Å². The van der Waals surface area contributed by atoms with E-state index in [2.05, 4.69) is 26.6 Å². The zero-order valence-corrected chi connectivity index (χ0v) is 15.1. The highest BCUT2D eigenvalue weighted by Gasteiger charge is 2.29. The first-order valence-electron chi connectivity index (χ1n) is 7.24. The quantitative estimate of drug-likeness (QED) is 0.577. The molecule has 2 aromatic carbocycles. The molecule has 1 unspecified atom stereocenters. The van der Waals surface area contributed by atoms with E-state index in [0.29, 0.717) is 5.69 Å². The van der Waals surface area contributed by atoms with Crippen molar-refractivity contribution in [2.45, 2.75) is 16.6 Å². The van der Waals surface area contributed by atoms with Crippen molar-refractivity contribution in [1.82, 2.24) is 0 Å². The van der Waals surface area contributed by atoms with Crippen LogP contribution in [0.2, 0.25) is 0 Å². The molecule has 1 heterocycles. The Morgan fingerprint density at radius 3 is 2.68 bits per heavy atom. The van der Waals surface area contributed by atoms with Gasteiger partial charge in [0.25, 0.3) is 5.69 Å². The molecule has 7 nitrogen and oxygen atoms in total. The van der Waals surface area contributed by atoms with E-state index in [1.165, 1.54) is 36.0 Å². The van der Waals surface area contributed by atoms with Crippen LogP contribution < -0.4 is 10.6 Å². The number of non-ortho nitro benzene ring substituents is 1. The molecule has 0 aliphatic carbocycles. The molecule has 3 rings (SSSR count). The van der Waals surface area contributed by atoms with Gasteiger partial charge in [-0.15, -0.1) is 11.8 Å². The maximum absolute atomic E-state index is 12.2. The summed E-state index contributed by atoms with van der Waals surface area (Å²) in [7, 11) is 0. The molecular formula is C16H12BrN3O4S. The van der Waals surface area contributed by atoms with E-state index >= 15 is 0 Å². The molecule has 2 aromatic rings. The SMILES string of the molecule is O=C(CC1Sc2ccc(Br)cc2NC1=O)Nc1ccc([N+](=O)[O-])cc1. The first-order chi connectivity index (χ1) is 11.9. The number of anilines is 2. The lowest BCUT2D eigenvalue weighted by Gasteiger charge is -2.23. The predicted octanol–water partition coefficient (Wildman–Crippen LogP) is 3.80. The van der Waals surface area contributed by atoms with Crippen LogP contribution in [0.15, 0.2) is 51.8 Å². The number of carbonyl (C=O) groups is 2. The third-order valence-corrected chi connectivity index (χ3v) is 5.26. The Balaban J connectivity index is 1.64. The van der Waals surface area contributed by atoms with E-state index in [9.17, 15) is 19.7 Å². The lowest BCUT2D eigenvalue weighted by Crippen LogP contribution is -2.32. The summed E-state index contributed by atoms with van der Waals surface area (Å²) in [5.74, 6) is -0.559. The van der Waals surface area contributed by atoms with Crippen LogP contribution in [0.25, 0.3) is 0 Å². The summed E-state index contributed by atoms with van der Waals surface area (Å²) in [6.45, 7) is 0. The number of carbonyl (C=O) groups excluding carboxylic acids is 2. The van der Waals surface area contributed by atoms with Gasteiger partial charge >= 0.3 is 0 Å². The minimum Gasteiger partial charge on any atom is -0.326 e. The molecule has 0 saturated carbocycles. The van der Waals surface area contributed by atoms with Crippen LogP contribution in [0.3, 0.4) is 0 Å². The molecule has 1 aliphatic rings. The van der Waals surface area contributed by atoms with Gasteiger partial charge in [0, 0.05) is 33.6 Å². The monoisotopic (exact) mass is 421 g/mol. The highest BCUT2D eigenvalue weighted by Crippen LogP contribution is 2.38. The number of nitrogens with one attached hydrogen (secondary N) is 2. The van der Waals surface area contributed by atoms with Crippen molar-refractivity contribution < 1.29 is 14.5 Å². The number of nitro benzene ring substituents is 1. The summed E-state index contributed by atoms with van der Waals surface area (Å²) in [5, 5.41) is 15.5. The summed E-state index contributed by atoms with van der Waals surface area (Å²) in [5.41, 5.74) is 1.11. The van der Waals surface area contributed by atoms with E-state index in [1.54, 1.807) is 0 Å². The number of hydrogen-bond acceptors (Lipinski definition) is 5. The molecule has 1 aliphatic heterocycles. The molecule has 0 spiro atoms. The van der Waals surface area contributed by atoms with Crippen LogP contribution >= 0.6 is 27.7 Å². The molecular weight excluding hydrogens is 410 g/mol. The maximum atomic E-state index is 12.2. The number of amides is 2. The Labute approximate surface area is 155 Å². The van der Waals surface area contributed by atoms with Crippen LogP contribution in [-0.2, 0) is 9.59 Å². The molecule has 0 bridgehead atoms. The number of rotatable bonds is 4. The average molecular weight is 422 g/mol. The molecule has 2 N–H and O–H groups in total. The van der Waals surface area contributed by atoms with Gasteiger partial charge < -0.3 is 10.6 Å². The lowest BCUT2D eigenvalue weighted by atomic mass is 10.2. The summed E-state index contributed by atoms with van der Waals surface area (Å²) >= 11 is 4.69. The maximum Gasteiger partial charge on any atom is 0.269 e. The van der Waals surface area contributed by atoms with Gasteiger partial charge in [-0.1, -0.05) is 15.9 Å². The van der Waals surface area contributed by atoms with E-state index < -0.39 is 10.2 Å². The Bertz CT molecular complexity index is 857. The molecule has 0 aromatic heterocycles. The molecule has 1 atom stereocenters. The number of halogens is 1. The zero-order chi connectivity index (χ0) is 18.0. The Morgan fingerprint density at radius 1 is 1.28 bits per heavy atom. The van der Waals surface area contributed by atoms with Crippen LogP contribution in [0.1, 0.15) is 6.42 Å². The average Bonchev–Trinajstić information content (AvgIpc) is 2.56. The number of nitro groups is 1. The molecule has 25 heavy (non-hydrogen) atoms. The van der Waals surface area contributed by atoms with Crippen molar-refractivity contribution in [3.63, 3.8) is 0 Å². The number of fused-ring (bicyclic) bond motifs is 1. The van der Waals surface area contributed by atoms with Crippen molar-refractivity contribution in [3.05, 3.63) is 57.1 Å². The lowest BCUT2D eigenvalue weighted by molar-refractivity contribution is -0.384. The number of hydrogen-bond donors (Lipinski definition) is 2.